The highest BCUT2D eigenvalue weighted by Crippen LogP contribution is 2.20. The maximum Gasteiger partial charge on any atom is 0.274 e. The largest absolute Gasteiger partial charge is 0.368 e. The first-order chi connectivity index (χ1) is 21.2. The van der Waals surface area contributed by atoms with E-state index in [2.05, 4.69) is 31.2 Å². The van der Waals surface area contributed by atoms with Crippen molar-refractivity contribution < 1.29 is 28.4 Å². The normalized spacial score (nSPS) is 22.0. The third-order valence-electron chi connectivity index (χ3n) is 7.46. The van der Waals surface area contributed by atoms with E-state index in [4.69, 9.17) is 9.26 Å². The first-order valence-electron chi connectivity index (χ1n) is 14.9. The van der Waals surface area contributed by atoms with Crippen LogP contribution in [0.3, 0.4) is 0 Å². The van der Waals surface area contributed by atoms with Crippen molar-refractivity contribution >= 4 is 23.6 Å². The van der Waals surface area contributed by atoms with Crippen LogP contribution in [0.4, 0.5) is 0 Å². The molecule has 0 unspecified atom stereocenters. The van der Waals surface area contributed by atoms with Crippen LogP contribution in [0.2, 0.25) is 0 Å². The number of hydrogen-bond donors (Lipinski definition) is 3. The number of nitrogens with zero attached hydrogens (tertiary/aromatic N) is 5. The summed E-state index contributed by atoms with van der Waals surface area (Å²) in [5.74, 6) is -0.420. The molecule has 0 saturated carbocycles. The molecule has 0 radical (unpaired) electrons. The quantitative estimate of drug-likeness (QED) is 0.399. The Labute approximate surface area is 254 Å². The molecule has 234 valence electrons. The first kappa shape index (κ1) is 30.9. The number of carbonyl (C=O) groups is 4. The Morgan fingerprint density at radius 3 is 2.64 bits per heavy atom. The summed E-state index contributed by atoms with van der Waals surface area (Å²) in [6.07, 6.45) is 1.16. The number of ether oxygens (including phenoxy) is 1. The molecule has 2 aromatic heterocycles. The van der Waals surface area contributed by atoms with E-state index in [1.54, 1.807) is 6.92 Å². The van der Waals surface area contributed by atoms with Crippen molar-refractivity contribution in [3.63, 3.8) is 0 Å². The molecular weight excluding hydrogens is 568 g/mol. The van der Waals surface area contributed by atoms with E-state index >= 15 is 0 Å². The molecule has 3 atom stereocenters. The topological polar surface area (TPSA) is 174 Å². The van der Waals surface area contributed by atoms with E-state index in [9.17, 15) is 19.2 Å². The molecule has 14 heteroatoms. The van der Waals surface area contributed by atoms with Crippen molar-refractivity contribution in [2.24, 2.45) is 5.92 Å². The van der Waals surface area contributed by atoms with Gasteiger partial charge in [0.25, 0.3) is 11.8 Å². The lowest BCUT2D eigenvalue weighted by Gasteiger charge is -2.24. The van der Waals surface area contributed by atoms with Gasteiger partial charge in [-0.25, -0.2) is 9.67 Å². The van der Waals surface area contributed by atoms with Gasteiger partial charge in [0.1, 0.15) is 24.5 Å². The summed E-state index contributed by atoms with van der Waals surface area (Å²) in [4.78, 5) is 59.3. The van der Waals surface area contributed by atoms with Gasteiger partial charge in [0.15, 0.2) is 17.3 Å². The lowest BCUT2D eigenvalue weighted by atomic mass is 10.0. The first-order valence-corrected chi connectivity index (χ1v) is 14.9. The second kappa shape index (κ2) is 13.8. The number of amides is 4. The molecule has 5 rings (SSSR count). The summed E-state index contributed by atoms with van der Waals surface area (Å²) in [5.41, 5.74) is 0.741. The molecule has 0 spiro atoms. The fourth-order valence-electron chi connectivity index (χ4n) is 5.26. The Balaban J connectivity index is 1.46. The fraction of sp³-hybridized carbons (Fsp3) is 0.500. The summed E-state index contributed by atoms with van der Waals surface area (Å²) < 4.78 is 12.5. The van der Waals surface area contributed by atoms with Gasteiger partial charge in [0.2, 0.25) is 11.8 Å². The molecule has 44 heavy (non-hydrogen) atoms. The Kier molecular flexibility index (Phi) is 9.68. The minimum absolute atomic E-state index is 0.0132. The fourth-order valence-corrected chi connectivity index (χ4v) is 5.26. The lowest BCUT2D eigenvalue weighted by Crippen LogP contribution is -2.48. The smallest absolute Gasteiger partial charge is 0.274 e. The zero-order valence-corrected chi connectivity index (χ0v) is 25.1. The standard InChI is InChI=1S/C30H38N8O6/c1-18(2)14-22-28(40)32-19(3)27-34-26(20-8-5-4-6-9-20)35-38(27)17-25(39)31-11-12-37(30(42)24-10-7-13-43-24)16-21-15-23(36-44-21)29(41)33-22/h4-6,8-9,15,18-19,22,24H,7,10-14,16-17H2,1-3H3,(H,31,39)(H,32,40)(H,33,41)/t19-,22+,24+/m0/s1. The average Bonchev–Trinajstić information content (AvgIpc) is 3.77. The molecule has 4 amide bonds. The van der Waals surface area contributed by atoms with Crippen LogP contribution in [-0.2, 0) is 32.2 Å². The number of benzene rings is 1. The van der Waals surface area contributed by atoms with Gasteiger partial charge >= 0.3 is 0 Å². The van der Waals surface area contributed by atoms with Gasteiger partial charge in [-0.3, -0.25) is 19.2 Å². The van der Waals surface area contributed by atoms with Gasteiger partial charge in [-0.05, 0) is 32.1 Å². The van der Waals surface area contributed by atoms with E-state index in [1.807, 2.05) is 44.2 Å². The van der Waals surface area contributed by atoms with Crippen LogP contribution < -0.4 is 16.0 Å². The van der Waals surface area contributed by atoms with Crippen LogP contribution in [0.25, 0.3) is 11.4 Å². The maximum atomic E-state index is 13.5. The SMILES string of the molecule is CC(C)C[C@H]1NC(=O)c2cc(on2)CN(C(=O)[C@H]2CCCO2)CCNC(=O)Cn2nc(-c3ccccc3)nc2[C@H](C)NC1=O. The average molecular weight is 607 g/mol. The summed E-state index contributed by atoms with van der Waals surface area (Å²) in [5, 5.41) is 17.0. The lowest BCUT2D eigenvalue weighted by molar-refractivity contribution is -0.142. The Morgan fingerprint density at radius 2 is 1.91 bits per heavy atom. The van der Waals surface area contributed by atoms with Crippen molar-refractivity contribution in [2.75, 3.05) is 19.7 Å². The third-order valence-corrected chi connectivity index (χ3v) is 7.46. The number of rotatable bonds is 4. The molecule has 2 bridgehead atoms. The monoisotopic (exact) mass is 606 g/mol. The molecule has 1 fully saturated rings. The maximum absolute atomic E-state index is 13.5. The van der Waals surface area contributed by atoms with Crippen molar-refractivity contribution in [2.45, 2.75) is 71.3 Å². The van der Waals surface area contributed by atoms with Crippen LogP contribution in [0.1, 0.15) is 68.1 Å². The molecule has 2 aliphatic rings. The second-order valence-electron chi connectivity index (χ2n) is 11.5. The Morgan fingerprint density at radius 1 is 1.11 bits per heavy atom. The van der Waals surface area contributed by atoms with Crippen molar-refractivity contribution in [3.8, 4) is 11.4 Å². The third kappa shape index (κ3) is 7.48. The predicted octanol–water partition coefficient (Wildman–Crippen LogP) is 1.59. The van der Waals surface area contributed by atoms with Crippen LogP contribution >= 0.6 is 0 Å². The molecule has 4 heterocycles. The van der Waals surface area contributed by atoms with Crippen LogP contribution in [-0.4, -0.2) is 80.3 Å². The highest BCUT2D eigenvalue weighted by atomic mass is 16.5. The van der Waals surface area contributed by atoms with Crippen LogP contribution in [0, 0.1) is 5.92 Å². The van der Waals surface area contributed by atoms with Crippen LogP contribution in [0.5, 0.6) is 0 Å². The number of fused-ring (bicyclic) bond motifs is 3. The number of carbonyl (C=O) groups excluding carboxylic acids is 4. The van der Waals surface area contributed by atoms with E-state index in [0.29, 0.717) is 31.1 Å². The summed E-state index contributed by atoms with van der Waals surface area (Å²) in [6.45, 7) is 6.33. The Hall–Kier alpha value is -4.59. The highest BCUT2D eigenvalue weighted by Gasteiger charge is 2.31. The molecular formula is C30H38N8O6. The molecule has 2 aliphatic heterocycles. The zero-order chi connectivity index (χ0) is 31.2. The van der Waals surface area contributed by atoms with Gasteiger partial charge in [0.05, 0.1) is 12.6 Å². The minimum atomic E-state index is -0.880. The van der Waals surface area contributed by atoms with Crippen LogP contribution in [0.15, 0.2) is 40.9 Å². The van der Waals surface area contributed by atoms with E-state index in [0.717, 1.165) is 12.0 Å². The molecule has 3 N–H and O–H groups in total. The van der Waals surface area contributed by atoms with Gasteiger partial charge in [-0.2, -0.15) is 5.10 Å². The minimum Gasteiger partial charge on any atom is -0.368 e. The molecule has 1 saturated heterocycles. The van der Waals surface area contributed by atoms with Gasteiger partial charge in [-0.1, -0.05) is 49.3 Å². The molecule has 14 nitrogen and oxygen atoms in total. The number of aromatic nitrogens is 4. The highest BCUT2D eigenvalue weighted by molar-refractivity contribution is 5.96. The predicted molar refractivity (Wildman–Crippen MR) is 157 cm³/mol. The number of hydrogen-bond acceptors (Lipinski definition) is 9. The van der Waals surface area contributed by atoms with Gasteiger partial charge in [0, 0.05) is 31.3 Å². The van der Waals surface area contributed by atoms with Gasteiger partial charge < -0.3 is 30.1 Å². The van der Waals surface area contributed by atoms with Gasteiger partial charge in [-0.15, -0.1) is 0 Å². The molecule has 3 aromatic rings. The van der Waals surface area contributed by atoms with E-state index in [-0.39, 0.29) is 55.4 Å². The van der Waals surface area contributed by atoms with E-state index in [1.165, 1.54) is 15.6 Å². The zero-order valence-electron chi connectivity index (χ0n) is 25.1. The van der Waals surface area contributed by atoms with Crippen molar-refractivity contribution in [3.05, 3.63) is 53.7 Å². The number of nitrogens with one attached hydrogen (secondary N) is 3. The molecule has 0 aliphatic carbocycles. The summed E-state index contributed by atoms with van der Waals surface area (Å²) in [6, 6.07) is 9.24. The Bertz CT molecular complexity index is 1480. The van der Waals surface area contributed by atoms with Crippen molar-refractivity contribution in [1.82, 2.24) is 40.8 Å². The second-order valence-corrected chi connectivity index (χ2v) is 11.5. The molecule has 1 aromatic carbocycles. The van der Waals surface area contributed by atoms with E-state index < -0.39 is 30.0 Å². The summed E-state index contributed by atoms with van der Waals surface area (Å²) >= 11 is 0. The summed E-state index contributed by atoms with van der Waals surface area (Å²) in [7, 11) is 0. The van der Waals surface area contributed by atoms with Crippen molar-refractivity contribution in [1.29, 1.82) is 0 Å².